The van der Waals surface area contributed by atoms with Crippen LogP contribution in [0, 0.1) is 12.7 Å². The Morgan fingerprint density at radius 1 is 1.18 bits per heavy atom. The standard InChI is InChI=1S/C13H12BrFN2/c1-8-6-11(14)12(15)7-13(8)17-10-4-2-9(16)3-5-10/h2-7,17H,16H2,1H3. The summed E-state index contributed by atoms with van der Waals surface area (Å²) in [7, 11) is 0. The Morgan fingerprint density at radius 3 is 2.47 bits per heavy atom. The quantitative estimate of drug-likeness (QED) is 0.814. The minimum atomic E-state index is -0.284. The molecule has 0 heterocycles. The molecule has 2 rings (SSSR count). The van der Waals surface area contributed by atoms with E-state index in [-0.39, 0.29) is 5.82 Å². The van der Waals surface area contributed by atoms with Crippen LogP contribution in [-0.4, -0.2) is 0 Å². The van der Waals surface area contributed by atoms with E-state index in [1.54, 1.807) is 18.2 Å². The van der Waals surface area contributed by atoms with Crippen molar-refractivity contribution in [2.75, 3.05) is 11.1 Å². The number of nitrogens with two attached hydrogens (primary N) is 1. The van der Waals surface area contributed by atoms with Crippen LogP contribution in [0.4, 0.5) is 21.5 Å². The minimum absolute atomic E-state index is 0.284. The summed E-state index contributed by atoms with van der Waals surface area (Å²) < 4.78 is 13.9. The number of halogens is 2. The maximum atomic E-state index is 13.4. The summed E-state index contributed by atoms with van der Waals surface area (Å²) in [6.45, 7) is 1.92. The van der Waals surface area contributed by atoms with Crippen LogP contribution in [0.5, 0.6) is 0 Å². The molecule has 0 aliphatic carbocycles. The van der Waals surface area contributed by atoms with Gasteiger partial charge in [-0.05, 0) is 64.8 Å². The summed E-state index contributed by atoms with van der Waals surface area (Å²) in [5, 5.41) is 3.15. The molecule has 2 aromatic carbocycles. The van der Waals surface area contributed by atoms with Gasteiger partial charge in [0.1, 0.15) is 5.82 Å². The first-order chi connectivity index (χ1) is 8.06. The maximum absolute atomic E-state index is 13.4. The van der Waals surface area contributed by atoms with Crippen molar-refractivity contribution in [1.82, 2.24) is 0 Å². The molecule has 0 atom stereocenters. The Kier molecular flexibility index (Phi) is 3.33. The monoisotopic (exact) mass is 294 g/mol. The molecule has 4 heteroatoms. The third kappa shape index (κ3) is 2.77. The molecule has 3 N–H and O–H groups in total. The van der Waals surface area contributed by atoms with E-state index >= 15 is 0 Å². The number of nitrogen functional groups attached to an aromatic ring is 1. The van der Waals surface area contributed by atoms with Crippen molar-refractivity contribution in [1.29, 1.82) is 0 Å². The first kappa shape index (κ1) is 11.9. The normalized spacial score (nSPS) is 10.3. The number of hydrogen-bond acceptors (Lipinski definition) is 2. The molecule has 2 aromatic rings. The van der Waals surface area contributed by atoms with Crippen LogP contribution in [0.25, 0.3) is 0 Å². The van der Waals surface area contributed by atoms with E-state index < -0.39 is 0 Å². The van der Waals surface area contributed by atoms with Crippen molar-refractivity contribution in [2.45, 2.75) is 6.92 Å². The highest BCUT2D eigenvalue weighted by Gasteiger charge is 2.05. The van der Waals surface area contributed by atoms with Crippen molar-refractivity contribution in [3.05, 3.63) is 52.3 Å². The molecule has 0 aliphatic rings. The van der Waals surface area contributed by atoms with Gasteiger partial charge in [-0.2, -0.15) is 0 Å². The summed E-state index contributed by atoms with van der Waals surface area (Å²) in [4.78, 5) is 0. The number of benzene rings is 2. The third-order valence-corrected chi connectivity index (χ3v) is 3.06. The third-order valence-electron chi connectivity index (χ3n) is 2.46. The molecule has 0 bridgehead atoms. The van der Waals surface area contributed by atoms with Gasteiger partial charge in [0, 0.05) is 17.1 Å². The van der Waals surface area contributed by atoms with Gasteiger partial charge < -0.3 is 11.1 Å². The van der Waals surface area contributed by atoms with Gasteiger partial charge in [-0.15, -0.1) is 0 Å². The van der Waals surface area contributed by atoms with Gasteiger partial charge in [-0.25, -0.2) is 4.39 Å². The highest BCUT2D eigenvalue weighted by atomic mass is 79.9. The SMILES string of the molecule is Cc1cc(Br)c(F)cc1Nc1ccc(N)cc1. The van der Waals surface area contributed by atoms with Crippen molar-refractivity contribution >= 4 is 33.0 Å². The predicted octanol–water partition coefficient (Wildman–Crippen LogP) is 4.22. The Morgan fingerprint density at radius 2 is 1.82 bits per heavy atom. The van der Waals surface area contributed by atoms with Gasteiger partial charge in [-0.3, -0.25) is 0 Å². The van der Waals surface area contributed by atoms with Crippen LogP contribution in [0.3, 0.4) is 0 Å². The highest BCUT2D eigenvalue weighted by molar-refractivity contribution is 9.10. The highest BCUT2D eigenvalue weighted by Crippen LogP contribution is 2.26. The van der Waals surface area contributed by atoms with E-state index in [2.05, 4.69) is 21.2 Å². The molecule has 0 saturated carbocycles. The molecule has 0 amide bonds. The molecule has 0 radical (unpaired) electrons. The van der Waals surface area contributed by atoms with Crippen LogP contribution in [0.15, 0.2) is 40.9 Å². The molecule has 2 nitrogen and oxygen atoms in total. The molecule has 0 unspecified atom stereocenters. The van der Waals surface area contributed by atoms with E-state index in [9.17, 15) is 4.39 Å². The molecule has 0 aliphatic heterocycles. The topological polar surface area (TPSA) is 38.0 Å². The van der Waals surface area contributed by atoms with Crippen molar-refractivity contribution in [3.8, 4) is 0 Å². The van der Waals surface area contributed by atoms with Gasteiger partial charge in [0.15, 0.2) is 0 Å². The number of hydrogen-bond donors (Lipinski definition) is 2. The molecular weight excluding hydrogens is 283 g/mol. The van der Waals surface area contributed by atoms with Gasteiger partial charge >= 0.3 is 0 Å². The predicted molar refractivity (Wildman–Crippen MR) is 73.0 cm³/mol. The number of anilines is 3. The second kappa shape index (κ2) is 4.75. The van der Waals surface area contributed by atoms with Gasteiger partial charge in [0.05, 0.1) is 4.47 Å². The Balaban J connectivity index is 2.30. The lowest BCUT2D eigenvalue weighted by Gasteiger charge is -2.10. The molecule has 17 heavy (non-hydrogen) atoms. The van der Waals surface area contributed by atoms with Crippen LogP contribution >= 0.6 is 15.9 Å². The summed E-state index contributed by atoms with van der Waals surface area (Å²) in [6, 6.07) is 10.5. The number of aryl methyl sites for hydroxylation is 1. The fraction of sp³-hybridized carbons (Fsp3) is 0.0769. The van der Waals surface area contributed by atoms with Crippen LogP contribution in [-0.2, 0) is 0 Å². The second-order valence-corrected chi connectivity index (χ2v) is 4.68. The average molecular weight is 295 g/mol. The van der Waals surface area contributed by atoms with Crippen LogP contribution in [0.2, 0.25) is 0 Å². The van der Waals surface area contributed by atoms with E-state index in [4.69, 9.17) is 5.73 Å². The molecule has 0 spiro atoms. The summed E-state index contributed by atoms with van der Waals surface area (Å²) in [6.07, 6.45) is 0. The van der Waals surface area contributed by atoms with Gasteiger partial charge in [-0.1, -0.05) is 0 Å². The average Bonchev–Trinajstić information content (AvgIpc) is 2.29. The fourth-order valence-corrected chi connectivity index (χ4v) is 1.96. The van der Waals surface area contributed by atoms with E-state index in [0.29, 0.717) is 10.2 Å². The Hall–Kier alpha value is -1.55. The van der Waals surface area contributed by atoms with E-state index in [1.807, 2.05) is 19.1 Å². The minimum Gasteiger partial charge on any atom is -0.399 e. The van der Waals surface area contributed by atoms with Crippen molar-refractivity contribution in [2.24, 2.45) is 0 Å². The maximum Gasteiger partial charge on any atom is 0.139 e. The zero-order valence-electron chi connectivity index (χ0n) is 9.30. The molecule has 0 saturated heterocycles. The number of rotatable bonds is 2. The Bertz CT molecular complexity index is 538. The largest absolute Gasteiger partial charge is 0.399 e. The lowest BCUT2D eigenvalue weighted by atomic mass is 10.2. The first-order valence-corrected chi connectivity index (χ1v) is 5.94. The molecule has 0 fully saturated rings. The summed E-state index contributed by atoms with van der Waals surface area (Å²) in [5.74, 6) is -0.284. The van der Waals surface area contributed by atoms with Crippen molar-refractivity contribution < 1.29 is 4.39 Å². The Labute approximate surface area is 108 Å². The second-order valence-electron chi connectivity index (χ2n) is 3.83. The lowest BCUT2D eigenvalue weighted by Crippen LogP contribution is -1.95. The first-order valence-electron chi connectivity index (χ1n) is 5.14. The molecule has 88 valence electrons. The van der Waals surface area contributed by atoms with E-state index in [1.165, 1.54) is 6.07 Å². The zero-order valence-corrected chi connectivity index (χ0v) is 10.9. The van der Waals surface area contributed by atoms with Crippen molar-refractivity contribution in [3.63, 3.8) is 0 Å². The summed E-state index contributed by atoms with van der Waals surface area (Å²) in [5.41, 5.74) is 8.90. The smallest absolute Gasteiger partial charge is 0.139 e. The lowest BCUT2D eigenvalue weighted by molar-refractivity contribution is 0.621. The van der Waals surface area contributed by atoms with Crippen LogP contribution in [0.1, 0.15) is 5.56 Å². The van der Waals surface area contributed by atoms with Crippen LogP contribution < -0.4 is 11.1 Å². The van der Waals surface area contributed by atoms with E-state index in [0.717, 1.165) is 16.9 Å². The summed E-state index contributed by atoms with van der Waals surface area (Å²) >= 11 is 3.16. The van der Waals surface area contributed by atoms with Gasteiger partial charge in [0.25, 0.3) is 0 Å². The molecule has 0 aromatic heterocycles. The molecular formula is C13H12BrFN2. The fourth-order valence-electron chi connectivity index (χ4n) is 1.50. The number of nitrogens with one attached hydrogen (secondary N) is 1. The van der Waals surface area contributed by atoms with Gasteiger partial charge in [0.2, 0.25) is 0 Å². The zero-order chi connectivity index (χ0) is 12.4.